The summed E-state index contributed by atoms with van der Waals surface area (Å²) in [5.74, 6) is -0.565. The van der Waals surface area contributed by atoms with Gasteiger partial charge in [0.1, 0.15) is 18.3 Å². The fourth-order valence-electron chi connectivity index (χ4n) is 4.74. The molecule has 2 aromatic heterocycles. The van der Waals surface area contributed by atoms with Gasteiger partial charge in [0.2, 0.25) is 23.5 Å². The molecular weight excluding hydrogens is 562 g/mol. The Labute approximate surface area is 228 Å². The number of alkyl halides is 4. The van der Waals surface area contributed by atoms with E-state index in [1.165, 1.54) is 18.1 Å². The number of anilines is 1. The molecule has 2 fully saturated rings. The molecule has 0 aliphatic carbocycles. The first-order valence-electron chi connectivity index (χ1n) is 12.1. The van der Waals surface area contributed by atoms with Crippen LogP contribution in [0, 0.1) is 0 Å². The number of fused-ring (bicyclic) bond motifs is 1. The number of nitrogens with one attached hydrogen (secondary N) is 2. The number of methoxy groups -OCH3 is 1. The van der Waals surface area contributed by atoms with Crippen molar-refractivity contribution in [3.63, 3.8) is 0 Å². The number of likely N-dealkylation sites (tertiary alicyclic amines) is 1. The molecule has 3 aromatic rings. The average molecular weight is 588 g/mol. The number of carbonyl (C=O) groups excluding carboxylic acids is 2. The van der Waals surface area contributed by atoms with Crippen LogP contribution in [-0.4, -0.2) is 70.4 Å². The predicted molar refractivity (Wildman–Crippen MR) is 137 cm³/mol. The van der Waals surface area contributed by atoms with E-state index in [0.717, 1.165) is 11.3 Å². The average Bonchev–Trinajstić information content (AvgIpc) is 3.57. The number of benzene rings is 1. The lowest BCUT2D eigenvalue weighted by Gasteiger charge is -2.37. The number of halogens is 4. The van der Waals surface area contributed by atoms with Crippen molar-refractivity contribution in [2.45, 2.75) is 67.5 Å². The van der Waals surface area contributed by atoms with E-state index in [1.54, 1.807) is 12.1 Å². The van der Waals surface area contributed by atoms with Crippen molar-refractivity contribution in [2.24, 2.45) is 0 Å². The normalized spacial score (nSPS) is 24.2. The fraction of sp³-hybridized carbons (Fsp3) is 0.500. The van der Waals surface area contributed by atoms with Crippen molar-refractivity contribution in [1.29, 1.82) is 0 Å². The zero-order valence-electron chi connectivity index (χ0n) is 21.0. The second-order valence-electron chi connectivity index (χ2n) is 9.58. The molecule has 2 N–H and O–H groups in total. The number of hydrogen-bond donors (Lipinski definition) is 2. The van der Waals surface area contributed by atoms with Crippen LogP contribution >= 0.6 is 23.1 Å². The maximum absolute atomic E-state index is 15.0. The van der Waals surface area contributed by atoms with Gasteiger partial charge in [0, 0.05) is 36.3 Å². The third kappa shape index (κ3) is 5.57. The first kappa shape index (κ1) is 27.6. The molecule has 0 radical (unpaired) electrons. The SMILES string of the molecule is CO[C@H]1C[C@H](c2nc(-c3sc4c(N[C@@H]5CC(=O)N(C(C)C)C[C@@H]5F)cccc4c3SC(F)(F)F)no2)NC1=O. The molecule has 4 atom stereocenters. The molecule has 5 rings (SSSR count). The molecule has 2 aliphatic heterocycles. The maximum Gasteiger partial charge on any atom is 0.446 e. The highest BCUT2D eigenvalue weighted by molar-refractivity contribution is 8.00. The second kappa shape index (κ2) is 10.6. The minimum absolute atomic E-state index is 0.0485. The largest absolute Gasteiger partial charge is 0.446 e. The van der Waals surface area contributed by atoms with E-state index in [1.807, 2.05) is 13.8 Å². The van der Waals surface area contributed by atoms with Gasteiger partial charge >= 0.3 is 5.51 Å². The number of thiophene rings is 1. The summed E-state index contributed by atoms with van der Waals surface area (Å²) in [6.45, 7) is 3.56. The van der Waals surface area contributed by atoms with Gasteiger partial charge in [-0.25, -0.2) is 4.39 Å². The van der Waals surface area contributed by atoms with Gasteiger partial charge in [-0.2, -0.15) is 18.2 Å². The molecule has 0 saturated carbocycles. The number of carbonyl (C=O) groups is 2. The van der Waals surface area contributed by atoms with E-state index >= 15 is 4.39 Å². The van der Waals surface area contributed by atoms with Crippen LogP contribution < -0.4 is 10.6 Å². The number of aromatic nitrogens is 2. The number of rotatable bonds is 7. The lowest BCUT2D eigenvalue weighted by atomic mass is 10.0. The van der Waals surface area contributed by atoms with Gasteiger partial charge in [0.25, 0.3) is 0 Å². The van der Waals surface area contributed by atoms with E-state index in [-0.39, 0.29) is 75.9 Å². The van der Waals surface area contributed by atoms with Crippen molar-refractivity contribution in [2.75, 3.05) is 19.0 Å². The van der Waals surface area contributed by atoms with Crippen LogP contribution in [0.3, 0.4) is 0 Å². The first-order valence-corrected chi connectivity index (χ1v) is 13.8. The van der Waals surface area contributed by atoms with Crippen LogP contribution in [0.15, 0.2) is 27.6 Å². The molecule has 210 valence electrons. The van der Waals surface area contributed by atoms with Gasteiger partial charge in [0.15, 0.2) is 0 Å². The smallest absolute Gasteiger partial charge is 0.378 e. The molecule has 0 bridgehead atoms. The van der Waals surface area contributed by atoms with E-state index in [2.05, 4.69) is 20.8 Å². The summed E-state index contributed by atoms with van der Waals surface area (Å²) < 4.78 is 66.8. The zero-order chi connectivity index (χ0) is 28.1. The van der Waals surface area contributed by atoms with E-state index in [4.69, 9.17) is 9.26 Å². The van der Waals surface area contributed by atoms with Gasteiger partial charge in [-0.05, 0) is 31.7 Å². The van der Waals surface area contributed by atoms with Crippen molar-refractivity contribution in [3.05, 3.63) is 24.1 Å². The van der Waals surface area contributed by atoms with Gasteiger partial charge in [-0.1, -0.05) is 17.3 Å². The number of piperidine rings is 1. The van der Waals surface area contributed by atoms with Gasteiger partial charge in [-0.15, -0.1) is 11.3 Å². The maximum atomic E-state index is 15.0. The second-order valence-corrected chi connectivity index (χ2v) is 11.7. The number of thioether (sulfide) groups is 1. The van der Waals surface area contributed by atoms with Gasteiger partial charge < -0.3 is 24.8 Å². The third-order valence-electron chi connectivity index (χ3n) is 6.66. The lowest BCUT2D eigenvalue weighted by Crippen LogP contribution is -2.53. The molecule has 9 nitrogen and oxygen atoms in total. The lowest BCUT2D eigenvalue weighted by molar-refractivity contribution is -0.137. The number of ether oxygens (including phenoxy) is 1. The highest BCUT2D eigenvalue weighted by Gasteiger charge is 2.39. The van der Waals surface area contributed by atoms with Crippen molar-refractivity contribution in [1.82, 2.24) is 20.4 Å². The highest BCUT2D eigenvalue weighted by Crippen LogP contribution is 2.51. The molecule has 0 spiro atoms. The van der Waals surface area contributed by atoms with Gasteiger partial charge in [0.05, 0.1) is 27.9 Å². The van der Waals surface area contributed by atoms with Crippen molar-refractivity contribution in [3.8, 4) is 10.7 Å². The summed E-state index contributed by atoms with van der Waals surface area (Å²) in [5.41, 5.74) is -4.20. The Hall–Kier alpha value is -2.91. The summed E-state index contributed by atoms with van der Waals surface area (Å²) in [6, 6.07) is 3.14. The number of nitrogens with zero attached hydrogens (tertiary/aromatic N) is 3. The Morgan fingerprint density at radius 2 is 2.08 bits per heavy atom. The Morgan fingerprint density at radius 1 is 1.31 bits per heavy atom. The topological polar surface area (TPSA) is 110 Å². The number of amides is 2. The Balaban J connectivity index is 1.49. The molecule has 2 saturated heterocycles. The minimum atomic E-state index is -4.61. The molecular formula is C24H25F4N5O4S2. The third-order valence-corrected chi connectivity index (χ3v) is 8.88. The minimum Gasteiger partial charge on any atom is -0.378 e. The van der Waals surface area contributed by atoms with Crippen molar-refractivity contribution >= 4 is 50.7 Å². The Morgan fingerprint density at radius 3 is 2.74 bits per heavy atom. The number of hydrogen-bond acceptors (Lipinski definition) is 9. The Kier molecular flexibility index (Phi) is 7.50. The Bertz CT molecular complexity index is 1390. The van der Waals surface area contributed by atoms with Crippen LogP contribution in [0.1, 0.15) is 38.6 Å². The van der Waals surface area contributed by atoms with E-state index in [0.29, 0.717) is 10.4 Å². The van der Waals surface area contributed by atoms with Crippen LogP contribution in [0.25, 0.3) is 20.8 Å². The molecule has 1 aromatic carbocycles. The van der Waals surface area contributed by atoms with E-state index in [9.17, 15) is 22.8 Å². The molecule has 2 aliphatic rings. The fourth-order valence-corrected chi connectivity index (χ4v) is 6.85. The molecule has 15 heteroatoms. The summed E-state index contributed by atoms with van der Waals surface area (Å²) >= 11 is 0.704. The predicted octanol–water partition coefficient (Wildman–Crippen LogP) is 4.90. The summed E-state index contributed by atoms with van der Waals surface area (Å²) in [5, 5.41) is 9.91. The van der Waals surface area contributed by atoms with E-state index < -0.39 is 29.9 Å². The summed E-state index contributed by atoms with van der Waals surface area (Å²) in [6.07, 6.45) is -1.90. The summed E-state index contributed by atoms with van der Waals surface area (Å²) in [4.78, 5) is 30.3. The van der Waals surface area contributed by atoms with Crippen LogP contribution in [0.5, 0.6) is 0 Å². The van der Waals surface area contributed by atoms with Crippen LogP contribution in [-0.2, 0) is 14.3 Å². The molecule has 0 unspecified atom stereocenters. The standard InChI is InChI=1S/C24H25F4N5O4S2/c1-10(2)33-9-12(25)14(8-17(33)34)29-13-6-4-5-11-18(13)38-20(19(11)39-24(26,27)28)21-31-23(37-32-21)15-7-16(36-3)22(35)30-15/h4-6,10,12,14-16,29H,7-9H2,1-3H3,(H,30,35)/t12-,14+,15+,16-/m0/s1. The first-order chi connectivity index (χ1) is 18.4. The quantitative estimate of drug-likeness (QED) is 0.297. The van der Waals surface area contributed by atoms with Crippen LogP contribution in [0.4, 0.5) is 23.2 Å². The summed E-state index contributed by atoms with van der Waals surface area (Å²) in [7, 11) is 1.39. The highest BCUT2D eigenvalue weighted by atomic mass is 32.2. The van der Waals surface area contributed by atoms with Gasteiger partial charge in [-0.3, -0.25) is 9.59 Å². The van der Waals surface area contributed by atoms with Crippen LogP contribution in [0.2, 0.25) is 0 Å². The molecule has 2 amide bonds. The zero-order valence-corrected chi connectivity index (χ0v) is 22.7. The monoisotopic (exact) mass is 587 g/mol. The molecule has 4 heterocycles. The molecule has 39 heavy (non-hydrogen) atoms. The van der Waals surface area contributed by atoms with Crippen molar-refractivity contribution < 1.29 is 36.4 Å².